The lowest BCUT2D eigenvalue weighted by Gasteiger charge is -2.33. The average Bonchev–Trinajstić information content (AvgIpc) is 3.24. The summed E-state index contributed by atoms with van der Waals surface area (Å²) in [6.45, 7) is 2.35. The quantitative estimate of drug-likeness (QED) is 0.825. The molecule has 0 aromatic rings. The van der Waals surface area contributed by atoms with E-state index in [1.165, 1.54) is 0 Å². The van der Waals surface area contributed by atoms with Crippen molar-refractivity contribution in [3.8, 4) is 0 Å². The molecule has 1 unspecified atom stereocenters. The first kappa shape index (κ1) is 18.0. The normalized spacial score (nSPS) is 33.0. The summed E-state index contributed by atoms with van der Waals surface area (Å²) in [5.74, 6) is -5.32. The van der Waals surface area contributed by atoms with Crippen LogP contribution in [0.1, 0.15) is 38.5 Å². The lowest BCUT2D eigenvalue weighted by molar-refractivity contribution is -0.160. The molecule has 1 N–H and O–H groups in total. The van der Waals surface area contributed by atoms with E-state index in [1.54, 1.807) is 7.11 Å². The molecule has 2 aliphatic heterocycles. The number of nitrogens with one attached hydrogen (secondary N) is 1. The van der Waals surface area contributed by atoms with Crippen LogP contribution >= 0.6 is 0 Å². The number of amides is 1. The number of likely N-dealkylation sites (tertiary alicyclic amines) is 1. The fourth-order valence-corrected chi connectivity index (χ4v) is 4.30. The minimum Gasteiger partial charge on any atom is -0.381 e. The molecular formula is C17H28F2N2O3. The van der Waals surface area contributed by atoms with Crippen molar-refractivity contribution in [2.24, 2.45) is 5.92 Å². The standard InChI is InChI=1S/C17H28F2N2O3/c1-23-13-5-8-21(11-13)15-4-2-3-14(15)20-16(22)17(18,19)12-6-9-24-10-7-12/h12-15H,2-11H2,1H3,(H,20,22)/t13?,14-,15+/m1/s1. The molecule has 0 spiro atoms. The number of carbonyl (C=O) groups is 1. The molecule has 24 heavy (non-hydrogen) atoms. The van der Waals surface area contributed by atoms with Crippen LogP contribution in [0.3, 0.4) is 0 Å². The molecule has 7 heteroatoms. The lowest BCUT2D eigenvalue weighted by atomic mass is 9.92. The van der Waals surface area contributed by atoms with Crippen LogP contribution in [0.4, 0.5) is 8.78 Å². The number of methoxy groups -OCH3 is 1. The second-order valence-electron chi connectivity index (χ2n) is 7.23. The lowest BCUT2D eigenvalue weighted by Crippen LogP contribution is -2.54. The number of halogens is 2. The van der Waals surface area contributed by atoms with E-state index in [-0.39, 0.29) is 31.0 Å². The van der Waals surface area contributed by atoms with Crippen molar-refractivity contribution in [3.63, 3.8) is 0 Å². The van der Waals surface area contributed by atoms with Gasteiger partial charge in [-0.2, -0.15) is 8.78 Å². The number of nitrogens with zero attached hydrogens (tertiary/aromatic N) is 1. The van der Waals surface area contributed by atoms with Gasteiger partial charge in [-0.05, 0) is 38.5 Å². The van der Waals surface area contributed by atoms with Gasteiger partial charge in [0, 0.05) is 51.4 Å². The molecular weight excluding hydrogens is 318 g/mol. The topological polar surface area (TPSA) is 50.8 Å². The molecule has 0 radical (unpaired) electrons. The number of ether oxygens (including phenoxy) is 2. The summed E-state index contributed by atoms with van der Waals surface area (Å²) in [7, 11) is 1.70. The van der Waals surface area contributed by atoms with Crippen LogP contribution in [0.25, 0.3) is 0 Å². The Morgan fingerprint density at radius 2 is 1.96 bits per heavy atom. The van der Waals surface area contributed by atoms with Crippen LogP contribution in [0.15, 0.2) is 0 Å². The number of hydrogen-bond acceptors (Lipinski definition) is 4. The van der Waals surface area contributed by atoms with Gasteiger partial charge in [-0.15, -0.1) is 0 Å². The van der Waals surface area contributed by atoms with Crippen molar-refractivity contribution in [2.45, 2.75) is 62.6 Å². The van der Waals surface area contributed by atoms with Crippen LogP contribution in [0.5, 0.6) is 0 Å². The van der Waals surface area contributed by atoms with Gasteiger partial charge in [0.05, 0.1) is 6.10 Å². The second kappa shape index (κ2) is 7.62. The largest absolute Gasteiger partial charge is 0.381 e. The summed E-state index contributed by atoms with van der Waals surface area (Å²) in [6.07, 6.45) is 4.36. The first-order valence-electron chi connectivity index (χ1n) is 9.05. The summed E-state index contributed by atoms with van der Waals surface area (Å²) in [6, 6.07) is -0.0292. The van der Waals surface area contributed by atoms with E-state index in [4.69, 9.17) is 9.47 Å². The van der Waals surface area contributed by atoms with Crippen molar-refractivity contribution in [3.05, 3.63) is 0 Å². The van der Waals surface area contributed by atoms with E-state index >= 15 is 0 Å². The highest BCUT2D eigenvalue weighted by Gasteiger charge is 2.49. The molecule has 0 aromatic carbocycles. The third-order valence-corrected chi connectivity index (χ3v) is 5.81. The highest BCUT2D eigenvalue weighted by Crippen LogP contribution is 2.34. The predicted molar refractivity (Wildman–Crippen MR) is 85.0 cm³/mol. The van der Waals surface area contributed by atoms with E-state index in [0.717, 1.165) is 38.8 Å². The molecule has 2 heterocycles. The van der Waals surface area contributed by atoms with Gasteiger partial charge in [-0.1, -0.05) is 0 Å². The molecule has 3 atom stereocenters. The number of alkyl halides is 2. The van der Waals surface area contributed by atoms with E-state index < -0.39 is 17.7 Å². The zero-order valence-corrected chi connectivity index (χ0v) is 14.3. The monoisotopic (exact) mass is 346 g/mol. The minimum absolute atomic E-state index is 0.152. The highest BCUT2D eigenvalue weighted by molar-refractivity contribution is 5.84. The Bertz CT molecular complexity index is 444. The van der Waals surface area contributed by atoms with Gasteiger partial charge in [0.15, 0.2) is 0 Å². The van der Waals surface area contributed by atoms with Crippen LogP contribution in [-0.2, 0) is 14.3 Å². The number of carbonyl (C=O) groups excluding carboxylic acids is 1. The van der Waals surface area contributed by atoms with Crippen molar-refractivity contribution >= 4 is 5.91 Å². The molecule has 5 nitrogen and oxygen atoms in total. The SMILES string of the molecule is COC1CCN([C@H]2CCC[C@H]2NC(=O)C(F)(F)C2CCOCC2)C1. The Morgan fingerprint density at radius 1 is 1.21 bits per heavy atom. The maximum Gasteiger partial charge on any atom is 0.327 e. The molecule has 3 aliphatic rings. The van der Waals surface area contributed by atoms with Gasteiger partial charge in [0.1, 0.15) is 0 Å². The van der Waals surface area contributed by atoms with Gasteiger partial charge in [0.2, 0.25) is 0 Å². The molecule has 138 valence electrons. The van der Waals surface area contributed by atoms with Gasteiger partial charge in [-0.25, -0.2) is 0 Å². The summed E-state index contributed by atoms with van der Waals surface area (Å²) in [4.78, 5) is 14.5. The first-order chi connectivity index (χ1) is 11.5. The average molecular weight is 346 g/mol. The minimum atomic E-state index is -3.31. The molecule has 3 rings (SSSR count). The Morgan fingerprint density at radius 3 is 2.62 bits per heavy atom. The molecule has 0 aromatic heterocycles. The van der Waals surface area contributed by atoms with Crippen LogP contribution < -0.4 is 5.32 Å². The third-order valence-electron chi connectivity index (χ3n) is 5.81. The Balaban J connectivity index is 1.58. The maximum atomic E-state index is 14.5. The fourth-order valence-electron chi connectivity index (χ4n) is 4.30. The molecule has 1 amide bonds. The van der Waals surface area contributed by atoms with E-state index in [0.29, 0.717) is 13.2 Å². The Hall–Kier alpha value is -0.790. The number of hydrogen-bond donors (Lipinski definition) is 1. The third kappa shape index (κ3) is 3.73. The van der Waals surface area contributed by atoms with Crippen molar-refractivity contribution in [1.29, 1.82) is 0 Å². The van der Waals surface area contributed by atoms with Gasteiger partial charge in [-0.3, -0.25) is 9.69 Å². The van der Waals surface area contributed by atoms with Gasteiger partial charge < -0.3 is 14.8 Å². The number of rotatable bonds is 5. The molecule has 3 fully saturated rings. The summed E-state index contributed by atoms with van der Waals surface area (Å²) in [5, 5.41) is 2.66. The Kier molecular flexibility index (Phi) is 5.72. The summed E-state index contributed by atoms with van der Waals surface area (Å²) >= 11 is 0. The first-order valence-corrected chi connectivity index (χ1v) is 9.05. The van der Waals surface area contributed by atoms with Crippen molar-refractivity contribution < 1.29 is 23.0 Å². The van der Waals surface area contributed by atoms with Crippen molar-refractivity contribution in [2.75, 3.05) is 33.4 Å². The van der Waals surface area contributed by atoms with E-state index in [2.05, 4.69) is 10.2 Å². The van der Waals surface area contributed by atoms with Gasteiger partial charge >= 0.3 is 5.92 Å². The summed E-state index contributed by atoms with van der Waals surface area (Å²) < 4.78 is 39.5. The highest BCUT2D eigenvalue weighted by atomic mass is 19.3. The zero-order chi connectivity index (χ0) is 17.2. The Labute approximate surface area is 142 Å². The molecule has 0 bridgehead atoms. The molecule has 1 aliphatic carbocycles. The smallest absolute Gasteiger partial charge is 0.327 e. The van der Waals surface area contributed by atoms with Gasteiger partial charge in [0.25, 0.3) is 5.91 Å². The van der Waals surface area contributed by atoms with E-state index in [1.807, 2.05) is 0 Å². The van der Waals surface area contributed by atoms with Crippen LogP contribution in [0.2, 0.25) is 0 Å². The summed E-state index contributed by atoms with van der Waals surface area (Å²) in [5.41, 5.74) is 0. The maximum absolute atomic E-state index is 14.5. The van der Waals surface area contributed by atoms with Crippen molar-refractivity contribution in [1.82, 2.24) is 10.2 Å². The predicted octanol–water partition coefficient (Wildman–Crippen LogP) is 1.81. The second-order valence-corrected chi connectivity index (χ2v) is 7.23. The van der Waals surface area contributed by atoms with Crippen LogP contribution in [0, 0.1) is 5.92 Å². The van der Waals surface area contributed by atoms with E-state index in [9.17, 15) is 13.6 Å². The molecule has 1 saturated carbocycles. The zero-order valence-electron chi connectivity index (χ0n) is 14.3. The fraction of sp³-hybridized carbons (Fsp3) is 0.941. The molecule has 2 saturated heterocycles. The van der Waals surface area contributed by atoms with Crippen LogP contribution in [-0.4, -0.2) is 68.3 Å².